The summed E-state index contributed by atoms with van der Waals surface area (Å²) in [6.45, 7) is 18.1. The van der Waals surface area contributed by atoms with Crippen LogP contribution in [0.4, 0.5) is 19.2 Å². The Balaban J connectivity index is 0.000000239. The molecule has 0 saturated carbocycles. The van der Waals surface area contributed by atoms with E-state index in [1.165, 1.54) is 0 Å². The fourth-order valence-corrected chi connectivity index (χ4v) is 12.6. The largest absolute Gasteiger partial charge is 0.450 e. The topological polar surface area (TPSA) is 321 Å². The van der Waals surface area contributed by atoms with Crippen molar-refractivity contribution in [2.75, 3.05) is 46.1 Å². The summed E-state index contributed by atoms with van der Waals surface area (Å²) in [4.78, 5) is 88.2. The molecule has 0 aliphatic carbocycles. The van der Waals surface area contributed by atoms with E-state index in [1.807, 2.05) is 187 Å². The maximum atomic E-state index is 13.9. The van der Waals surface area contributed by atoms with E-state index in [2.05, 4.69) is 42.1 Å². The lowest BCUT2D eigenvalue weighted by molar-refractivity contribution is -0.132. The number of aliphatic hydroxyl groups is 2. The van der Waals surface area contributed by atoms with Crippen LogP contribution in [0.25, 0.3) is 22.5 Å². The molecule has 0 spiro atoms. The number of nitrogens with zero attached hydrogens (tertiary/aromatic N) is 4. The summed E-state index contributed by atoms with van der Waals surface area (Å²) in [6.07, 6.45) is -1.65. The summed E-state index contributed by atoms with van der Waals surface area (Å²) in [5.74, 6) is -1.07. The second-order valence-electron chi connectivity index (χ2n) is 28.6. The van der Waals surface area contributed by atoms with Gasteiger partial charge in [-0.25, -0.2) is 29.2 Å². The van der Waals surface area contributed by atoms with E-state index >= 15 is 0 Å². The predicted octanol–water partition coefficient (Wildman–Crippen LogP) is 8.79. The lowest BCUT2D eigenvalue weighted by Gasteiger charge is -2.34. The standard InChI is InChI=1S/C39H51N5O8.C38H49N5O8/c1-25(2)51-38(48)42-34(39(3,4)5)35(46)43-44(22-27-14-16-28(17-15-27)30-13-9-10-19-40-30)23-32(45)31(21-26-11-7-6-8-12-26)41-37(47)52-33-24-50-36-29(33)18-20-49-36;1-5-48-36(46)41-33(38(2,3)4)34(45)42-43(22-26-14-16-27(17-15-26)29-13-9-10-19-39-29)23-31(44)30(21-25-11-7-6-8-12-25)40-37(47)51-32-24-50-35-28(32)18-20-49-35/h6-17,19,25,29,31-34,36,45H,18,20-24H2,1-5H3,(H,41,47)(H,42,48)(H,43,46);6-17,19,28,30-33,35,44H,5,18,20-24H2,1-4H3,(H,40,47)(H,41,46)(H,42,45)/t29-,31-,32-,33-,34?,36+;28-,30-,31-,32-,33?,35+/m00/s1. The minimum absolute atomic E-state index is 0.0398. The Hall–Kier alpha value is -9.12. The number of alkyl carbamates (subject to hydrolysis) is 4. The number of pyridine rings is 2. The van der Waals surface area contributed by atoms with Crippen molar-refractivity contribution in [3.05, 3.63) is 180 Å². The molecule has 4 saturated heterocycles. The van der Waals surface area contributed by atoms with Crippen LogP contribution in [-0.4, -0.2) is 180 Å². The number of hydrogen-bond donors (Lipinski definition) is 8. The zero-order chi connectivity index (χ0) is 73.6. The number of carbonyl (C=O) groups excluding carboxylic acids is 6. The number of amides is 6. The van der Waals surface area contributed by atoms with Crippen LogP contribution < -0.4 is 32.1 Å². The molecule has 554 valence electrons. The van der Waals surface area contributed by atoms with Gasteiger partial charge in [-0.2, -0.15) is 0 Å². The third kappa shape index (κ3) is 23.7. The maximum Gasteiger partial charge on any atom is 0.408 e. The molecule has 4 aliphatic rings. The van der Waals surface area contributed by atoms with E-state index in [1.54, 1.807) is 43.2 Å². The molecule has 2 aromatic heterocycles. The molecule has 6 heterocycles. The molecule has 4 aliphatic heterocycles. The Morgan fingerprint density at radius 1 is 0.505 bits per heavy atom. The Bertz CT molecular complexity index is 3650. The Morgan fingerprint density at radius 3 is 1.27 bits per heavy atom. The molecular formula is C77H100N10O16. The third-order valence-electron chi connectivity index (χ3n) is 17.9. The fraction of sp³-hybridized carbons (Fsp3) is 0.481. The molecule has 4 aromatic carbocycles. The van der Waals surface area contributed by atoms with Crippen LogP contribution in [0.3, 0.4) is 0 Å². The second-order valence-corrected chi connectivity index (χ2v) is 28.6. The number of fused-ring (bicyclic) bond motifs is 2. The van der Waals surface area contributed by atoms with Gasteiger partial charge >= 0.3 is 24.4 Å². The molecule has 4 fully saturated rings. The van der Waals surface area contributed by atoms with E-state index < -0.39 is 95.6 Å². The molecular weight excluding hydrogens is 1320 g/mol. The van der Waals surface area contributed by atoms with Gasteiger partial charge in [0.05, 0.1) is 86.7 Å². The van der Waals surface area contributed by atoms with Gasteiger partial charge < -0.3 is 69.4 Å². The fourth-order valence-electron chi connectivity index (χ4n) is 12.6. The quantitative estimate of drug-likeness (QED) is 0.0168. The van der Waals surface area contributed by atoms with Gasteiger partial charge in [0.15, 0.2) is 12.6 Å². The molecule has 6 aromatic rings. The lowest BCUT2D eigenvalue weighted by Crippen LogP contribution is -2.59. The first kappa shape index (κ1) is 78.0. The molecule has 26 nitrogen and oxygen atoms in total. The number of aromatic nitrogens is 2. The van der Waals surface area contributed by atoms with Crippen LogP contribution in [-0.2, 0) is 73.4 Å². The molecule has 10 rings (SSSR count). The summed E-state index contributed by atoms with van der Waals surface area (Å²) >= 11 is 0. The van der Waals surface area contributed by atoms with Gasteiger partial charge in [-0.1, -0.05) is 163 Å². The molecule has 103 heavy (non-hydrogen) atoms. The first-order valence-electron chi connectivity index (χ1n) is 35.2. The highest BCUT2D eigenvalue weighted by Gasteiger charge is 2.46. The molecule has 8 N–H and O–H groups in total. The van der Waals surface area contributed by atoms with Crippen molar-refractivity contribution >= 4 is 36.2 Å². The molecule has 2 unspecified atom stereocenters. The van der Waals surface area contributed by atoms with Crippen molar-refractivity contribution in [3.63, 3.8) is 0 Å². The first-order valence-corrected chi connectivity index (χ1v) is 35.2. The lowest BCUT2D eigenvalue weighted by atomic mass is 9.86. The number of hydrazine groups is 2. The van der Waals surface area contributed by atoms with Gasteiger partial charge in [-0.15, -0.1) is 0 Å². The van der Waals surface area contributed by atoms with E-state index in [9.17, 15) is 39.0 Å². The Labute approximate surface area is 602 Å². The number of ether oxygens (including phenoxy) is 8. The highest BCUT2D eigenvalue weighted by molar-refractivity contribution is 5.87. The summed E-state index contributed by atoms with van der Waals surface area (Å²) in [6, 6.07) is 42.3. The van der Waals surface area contributed by atoms with Crippen molar-refractivity contribution in [3.8, 4) is 22.5 Å². The van der Waals surface area contributed by atoms with Crippen molar-refractivity contribution in [2.24, 2.45) is 22.7 Å². The van der Waals surface area contributed by atoms with Crippen LogP contribution in [0.2, 0.25) is 0 Å². The van der Waals surface area contributed by atoms with Crippen molar-refractivity contribution in [1.82, 2.24) is 52.1 Å². The monoisotopic (exact) mass is 1420 g/mol. The normalized spacial score (nSPS) is 20.1. The van der Waals surface area contributed by atoms with Crippen molar-refractivity contribution in [1.29, 1.82) is 0 Å². The first-order chi connectivity index (χ1) is 49.3. The van der Waals surface area contributed by atoms with Crippen LogP contribution in [0.5, 0.6) is 0 Å². The van der Waals surface area contributed by atoms with E-state index in [0.717, 1.165) is 57.6 Å². The van der Waals surface area contributed by atoms with Gasteiger partial charge in [-0.05, 0) is 104 Å². The number of nitrogens with one attached hydrogen (secondary N) is 6. The number of aliphatic hydroxyl groups excluding tert-OH is 2. The van der Waals surface area contributed by atoms with Gasteiger partial charge in [0.1, 0.15) is 24.3 Å². The smallest absolute Gasteiger partial charge is 0.408 e. The summed E-state index contributed by atoms with van der Waals surface area (Å²) in [5.41, 5.74) is 11.5. The minimum atomic E-state index is -1.17. The maximum absolute atomic E-state index is 13.9. The highest BCUT2D eigenvalue weighted by Crippen LogP contribution is 2.35. The molecule has 26 heteroatoms. The average molecular weight is 1420 g/mol. The van der Waals surface area contributed by atoms with Gasteiger partial charge in [0.25, 0.3) is 11.8 Å². The molecule has 0 radical (unpaired) electrons. The zero-order valence-corrected chi connectivity index (χ0v) is 60.1. The van der Waals surface area contributed by atoms with E-state index in [-0.39, 0.29) is 76.5 Å². The van der Waals surface area contributed by atoms with Crippen molar-refractivity contribution in [2.45, 2.75) is 168 Å². The molecule has 6 amide bonds. The molecule has 12 atom stereocenters. The zero-order valence-electron chi connectivity index (χ0n) is 60.1. The third-order valence-corrected chi connectivity index (χ3v) is 17.9. The van der Waals surface area contributed by atoms with Crippen LogP contribution in [0.1, 0.15) is 97.4 Å². The highest BCUT2D eigenvalue weighted by atomic mass is 16.7. The van der Waals surface area contributed by atoms with Gasteiger partial charge in [0, 0.05) is 49.7 Å². The predicted molar refractivity (Wildman–Crippen MR) is 382 cm³/mol. The summed E-state index contributed by atoms with van der Waals surface area (Å²) < 4.78 is 44.3. The van der Waals surface area contributed by atoms with Crippen molar-refractivity contribution < 1.29 is 76.9 Å². The van der Waals surface area contributed by atoms with E-state index in [0.29, 0.717) is 26.1 Å². The number of carbonyl (C=O) groups is 6. The van der Waals surface area contributed by atoms with Crippen LogP contribution in [0.15, 0.2) is 158 Å². The number of hydrogen-bond acceptors (Lipinski definition) is 20. The number of benzene rings is 4. The van der Waals surface area contributed by atoms with Crippen LogP contribution in [0, 0.1) is 22.7 Å². The Morgan fingerprint density at radius 2 is 0.903 bits per heavy atom. The molecule has 0 bridgehead atoms. The number of rotatable bonds is 28. The Kier molecular flexibility index (Phi) is 28.3. The minimum Gasteiger partial charge on any atom is -0.450 e. The van der Waals surface area contributed by atoms with Gasteiger partial charge in [0.2, 0.25) is 0 Å². The average Bonchev–Trinajstić information content (AvgIpc) is 1.81. The van der Waals surface area contributed by atoms with Crippen LogP contribution >= 0.6 is 0 Å². The summed E-state index contributed by atoms with van der Waals surface area (Å²) in [5, 5.41) is 37.9. The second kappa shape index (κ2) is 37.4. The van der Waals surface area contributed by atoms with E-state index in [4.69, 9.17) is 37.9 Å². The SMILES string of the molecule is CC(C)OC(=O)NC(C(=O)NN(Cc1ccc(-c2ccccn2)cc1)C[C@H](O)[C@H](Cc1ccccc1)NC(=O)O[C@H]1CO[C@H]2OCC[C@H]21)C(C)(C)C.CCOC(=O)NC(C(=O)NN(Cc1ccc(-c2ccccn2)cc1)C[C@H](O)[C@H](Cc1ccccc1)NC(=O)O[C@H]1CO[C@H]2OCC[C@H]21)C(C)(C)C. The summed E-state index contributed by atoms with van der Waals surface area (Å²) in [7, 11) is 0. The van der Waals surface area contributed by atoms with Gasteiger partial charge in [-0.3, -0.25) is 30.4 Å².